The molecule has 2 bridgehead atoms. The molecule has 34 heavy (non-hydrogen) atoms. The predicted molar refractivity (Wildman–Crippen MR) is 126 cm³/mol. The van der Waals surface area contributed by atoms with Crippen molar-refractivity contribution < 1.29 is 22.5 Å². The van der Waals surface area contributed by atoms with E-state index in [1.54, 1.807) is 10.4 Å². The summed E-state index contributed by atoms with van der Waals surface area (Å²) >= 11 is 0. The summed E-state index contributed by atoms with van der Waals surface area (Å²) in [6, 6.07) is 1.67. The van der Waals surface area contributed by atoms with Gasteiger partial charge < -0.3 is 19.9 Å². The Morgan fingerprint density at radius 2 is 1.82 bits per heavy atom. The van der Waals surface area contributed by atoms with Gasteiger partial charge in [-0.3, -0.25) is 9.69 Å². The maximum absolute atomic E-state index is 13.1. The average Bonchev–Trinajstić information content (AvgIpc) is 3.48. The number of nitrogens with zero attached hydrogens (tertiary/aromatic N) is 3. The predicted octanol–water partition coefficient (Wildman–Crippen LogP) is 0.919. The molecule has 190 valence electrons. The van der Waals surface area contributed by atoms with Crippen LogP contribution in [-0.2, 0) is 14.8 Å². The number of hydrogen-bond donors (Lipinski definition) is 2. The van der Waals surface area contributed by atoms with Gasteiger partial charge in [0.15, 0.2) is 5.69 Å². The summed E-state index contributed by atoms with van der Waals surface area (Å²) in [6.45, 7) is 6.06. The Balaban J connectivity index is 1.05. The Kier molecular flexibility index (Phi) is 7.55. The number of hydrogen-bond acceptors (Lipinski definition) is 8. The number of fused-ring (bicyclic) bond motifs is 2. The molecule has 11 heteroatoms. The molecule has 3 aliphatic heterocycles. The van der Waals surface area contributed by atoms with E-state index in [2.05, 4.69) is 20.7 Å². The summed E-state index contributed by atoms with van der Waals surface area (Å²) in [6.07, 6.45) is 5.85. The van der Waals surface area contributed by atoms with E-state index in [1.165, 1.54) is 0 Å². The highest BCUT2D eigenvalue weighted by Gasteiger charge is 2.46. The van der Waals surface area contributed by atoms with Crippen molar-refractivity contribution in [2.45, 2.75) is 69.0 Å². The van der Waals surface area contributed by atoms with E-state index in [1.807, 2.05) is 0 Å². The Morgan fingerprint density at radius 3 is 2.53 bits per heavy atom. The number of rotatable bonds is 11. The number of sulfonamides is 1. The van der Waals surface area contributed by atoms with Crippen LogP contribution in [0.3, 0.4) is 0 Å². The summed E-state index contributed by atoms with van der Waals surface area (Å²) < 4.78 is 38.6. The van der Waals surface area contributed by atoms with Crippen LogP contribution in [0.1, 0.15) is 67.1 Å². The number of aromatic nitrogens is 1. The van der Waals surface area contributed by atoms with Gasteiger partial charge in [-0.1, -0.05) is 5.16 Å². The first-order valence-corrected chi connectivity index (χ1v) is 14.4. The molecule has 10 nitrogen and oxygen atoms in total. The topological polar surface area (TPSA) is 117 Å². The molecule has 4 fully saturated rings. The molecule has 1 aromatic rings. The summed E-state index contributed by atoms with van der Waals surface area (Å²) in [5.74, 6) is 1.16. The summed E-state index contributed by atoms with van der Waals surface area (Å²) in [7, 11) is -3.30. The molecule has 1 amide bonds. The zero-order chi connectivity index (χ0) is 23.5. The molecule has 4 heterocycles. The molecule has 4 aliphatic rings. The highest BCUT2D eigenvalue weighted by atomic mass is 32.2. The third-order valence-corrected chi connectivity index (χ3v) is 9.57. The van der Waals surface area contributed by atoms with Gasteiger partial charge in [-0.15, -0.1) is 0 Å². The first-order valence-electron chi connectivity index (χ1n) is 12.8. The number of piperidine rings is 1. The van der Waals surface area contributed by atoms with E-state index in [0.29, 0.717) is 37.4 Å². The molecule has 1 aliphatic carbocycles. The van der Waals surface area contributed by atoms with Gasteiger partial charge >= 0.3 is 0 Å². The first-order chi connectivity index (χ1) is 16.5. The van der Waals surface area contributed by atoms with Gasteiger partial charge in [-0.2, -0.15) is 4.31 Å². The lowest BCUT2D eigenvalue weighted by Crippen LogP contribution is -2.53. The molecule has 1 saturated carbocycles. The van der Waals surface area contributed by atoms with E-state index in [9.17, 15) is 13.2 Å². The molecule has 2 N–H and O–H groups in total. The van der Waals surface area contributed by atoms with Gasteiger partial charge in [0.2, 0.25) is 10.0 Å². The molecule has 0 radical (unpaired) electrons. The summed E-state index contributed by atoms with van der Waals surface area (Å²) in [5, 5.41) is 10.4. The van der Waals surface area contributed by atoms with Crippen molar-refractivity contribution in [3.05, 3.63) is 17.5 Å². The van der Waals surface area contributed by atoms with Crippen LogP contribution in [0.5, 0.6) is 0 Å². The average molecular weight is 496 g/mol. The molecule has 1 aromatic heterocycles. The second-order valence-corrected chi connectivity index (χ2v) is 12.1. The van der Waals surface area contributed by atoms with Crippen LogP contribution in [-0.4, -0.2) is 98.5 Å². The van der Waals surface area contributed by atoms with Gasteiger partial charge in [-0.25, -0.2) is 8.42 Å². The molecule has 0 unspecified atom stereocenters. The fourth-order valence-electron chi connectivity index (χ4n) is 5.59. The maximum Gasteiger partial charge on any atom is 0.273 e. The van der Waals surface area contributed by atoms with Crippen LogP contribution in [0.4, 0.5) is 0 Å². The van der Waals surface area contributed by atoms with Crippen molar-refractivity contribution >= 4 is 15.9 Å². The molecular formula is C23H37N5O5S. The smallest absolute Gasteiger partial charge is 0.273 e. The van der Waals surface area contributed by atoms with Crippen molar-refractivity contribution in [1.82, 2.24) is 25.0 Å². The van der Waals surface area contributed by atoms with Gasteiger partial charge in [-0.05, 0) is 51.5 Å². The highest BCUT2D eigenvalue weighted by Crippen LogP contribution is 2.40. The minimum Gasteiger partial charge on any atom is -0.379 e. The second-order valence-electron chi connectivity index (χ2n) is 10.1. The van der Waals surface area contributed by atoms with Crippen LogP contribution >= 0.6 is 0 Å². The first kappa shape index (κ1) is 24.2. The Labute approximate surface area is 201 Å². The third-order valence-electron chi connectivity index (χ3n) is 7.53. The Bertz CT molecular complexity index is 929. The Hall–Kier alpha value is -1.53. The molecule has 0 aromatic carbocycles. The molecule has 0 spiro atoms. The van der Waals surface area contributed by atoms with Crippen molar-refractivity contribution in [3.63, 3.8) is 0 Å². The van der Waals surface area contributed by atoms with Gasteiger partial charge in [0, 0.05) is 56.3 Å². The van der Waals surface area contributed by atoms with Crippen molar-refractivity contribution in [2.24, 2.45) is 0 Å². The normalized spacial score (nSPS) is 28.3. The molecule has 3 saturated heterocycles. The van der Waals surface area contributed by atoms with Crippen LogP contribution in [0.15, 0.2) is 10.6 Å². The number of carbonyl (C=O) groups excluding carboxylic acids is 1. The minimum absolute atomic E-state index is 0.0253. The fraction of sp³-hybridized carbons (Fsp3) is 0.826. The number of carbonyl (C=O) groups is 1. The fourth-order valence-corrected chi connectivity index (χ4v) is 7.61. The number of nitrogens with one attached hydrogen (secondary N) is 2. The lowest BCUT2D eigenvalue weighted by molar-refractivity contribution is 0.0384. The second kappa shape index (κ2) is 10.6. The van der Waals surface area contributed by atoms with Crippen molar-refractivity contribution in [2.75, 3.05) is 51.7 Å². The molecule has 3 atom stereocenters. The van der Waals surface area contributed by atoms with E-state index in [-0.39, 0.29) is 29.8 Å². The van der Waals surface area contributed by atoms with Crippen LogP contribution in [0, 0.1) is 0 Å². The lowest BCUT2D eigenvalue weighted by atomic mass is 9.99. The number of morpholine rings is 1. The summed E-state index contributed by atoms with van der Waals surface area (Å²) in [5.41, 5.74) is 0.324. The zero-order valence-corrected chi connectivity index (χ0v) is 20.6. The van der Waals surface area contributed by atoms with Crippen LogP contribution in [0.25, 0.3) is 0 Å². The lowest BCUT2D eigenvalue weighted by Gasteiger charge is -2.38. The maximum atomic E-state index is 13.1. The molecule has 5 rings (SSSR count). The van der Waals surface area contributed by atoms with E-state index < -0.39 is 10.0 Å². The number of ether oxygens (including phenoxy) is 1. The summed E-state index contributed by atoms with van der Waals surface area (Å²) in [4.78, 5) is 15.0. The highest BCUT2D eigenvalue weighted by molar-refractivity contribution is 7.89. The standard InChI is InChI=1S/C23H37N5O5S/c29-23(21-16-22(33-26-21)17-2-3-17)25-18-14-19-4-5-20(15-18)28(19)34(30,31)13-1-6-24-7-8-27-9-11-32-12-10-27/h16-20,24H,1-15H2,(H,25,29)/t18-,19+,20-. The number of amides is 1. The van der Waals surface area contributed by atoms with Gasteiger partial charge in [0.05, 0.1) is 19.0 Å². The zero-order valence-electron chi connectivity index (χ0n) is 19.8. The molecular weight excluding hydrogens is 458 g/mol. The minimum atomic E-state index is -3.30. The van der Waals surface area contributed by atoms with E-state index >= 15 is 0 Å². The van der Waals surface area contributed by atoms with Crippen molar-refractivity contribution in [1.29, 1.82) is 0 Å². The van der Waals surface area contributed by atoms with Crippen molar-refractivity contribution in [3.8, 4) is 0 Å². The largest absolute Gasteiger partial charge is 0.379 e. The van der Waals surface area contributed by atoms with Crippen LogP contribution < -0.4 is 10.6 Å². The monoisotopic (exact) mass is 495 g/mol. The SMILES string of the molecule is O=C(N[C@H]1C[C@H]2CC[C@@H](C1)N2S(=O)(=O)CCCNCCN1CCOCC1)c1cc(C2CC2)on1. The van der Waals surface area contributed by atoms with E-state index in [4.69, 9.17) is 9.26 Å². The van der Waals surface area contributed by atoms with Crippen LogP contribution in [0.2, 0.25) is 0 Å². The van der Waals surface area contributed by atoms with Gasteiger partial charge in [0.25, 0.3) is 5.91 Å². The van der Waals surface area contributed by atoms with Gasteiger partial charge in [0.1, 0.15) is 5.76 Å². The third kappa shape index (κ3) is 5.81. The van der Waals surface area contributed by atoms with E-state index in [0.717, 1.165) is 70.8 Å². The quantitative estimate of drug-likeness (QED) is 0.435. The Morgan fingerprint density at radius 1 is 1.09 bits per heavy atom.